The third kappa shape index (κ3) is 7.44. The minimum atomic E-state index is 0.210. The Morgan fingerprint density at radius 3 is 2.29 bits per heavy atom. The smallest absolute Gasteiger partial charge is 0.191 e. The molecule has 2 rings (SSSR count). The molecule has 5 heteroatoms. The van der Waals surface area contributed by atoms with E-state index in [1.807, 2.05) is 0 Å². The normalized spacial score (nSPS) is 18.1. The van der Waals surface area contributed by atoms with Crippen molar-refractivity contribution in [1.29, 1.82) is 0 Å². The van der Waals surface area contributed by atoms with Crippen molar-refractivity contribution in [2.75, 3.05) is 52.9 Å². The Kier molecular flexibility index (Phi) is 8.77. The molecule has 1 fully saturated rings. The van der Waals surface area contributed by atoms with Gasteiger partial charge in [-0.1, -0.05) is 45.0 Å². The van der Waals surface area contributed by atoms with Crippen molar-refractivity contribution in [3.63, 3.8) is 0 Å². The predicted molar refractivity (Wildman–Crippen MR) is 121 cm³/mol. The summed E-state index contributed by atoms with van der Waals surface area (Å²) in [6, 6.07) is 9.50. The van der Waals surface area contributed by atoms with Gasteiger partial charge in [-0.3, -0.25) is 9.89 Å². The maximum absolute atomic E-state index is 4.82. The standard InChI is InChI=1S/C23H41N5/c1-7-24-22(26-18-19(2)28-16-14-27(6)15-17-28)25-13-12-20-8-10-21(11-9-20)23(3,4)5/h8-11,19H,7,12-18H2,1-6H3,(H2,24,25,26). The highest BCUT2D eigenvalue weighted by atomic mass is 15.3. The molecule has 28 heavy (non-hydrogen) atoms. The number of nitrogens with zero attached hydrogens (tertiary/aromatic N) is 3. The van der Waals surface area contributed by atoms with E-state index in [9.17, 15) is 0 Å². The Bertz CT molecular complexity index is 594. The maximum atomic E-state index is 4.82. The van der Waals surface area contributed by atoms with Crippen LogP contribution >= 0.6 is 0 Å². The van der Waals surface area contributed by atoms with Crippen LogP contribution in [0.25, 0.3) is 0 Å². The third-order valence-corrected chi connectivity index (χ3v) is 5.55. The van der Waals surface area contributed by atoms with Crippen LogP contribution in [0, 0.1) is 0 Å². The molecular weight excluding hydrogens is 346 g/mol. The number of likely N-dealkylation sites (N-methyl/N-ethyl adjacent to an activating group) is 1. The molecule has 0 spiro atoms. The van der Waals surface area contributed by atoms with Gasteiger partial charge in [-0.25, -0.2) is 0 Å². The van der Waals surface area contributed by atoms with Gasteiger partial charge in [-0.15, -0.1) is 0 Å². The summed E-state index contributed by atoms with van der Waals surface area (Å²) in [7, 11) is 2.20. The summed E-state index contributed by atoms with van der Waals surface area (Å²) in [5.74, 6) is 0.926. The number of benzene rings is 1. The molecule has 1 atom stereocenters. The van der Waals surface area contributed by atoms with E-state index in [4.69, 9.17) is 4.99 Å². The minimum absolute atomic E-state index is 0.210. The summed E-state index contributed by atoms with van der Waals surface area (Å²) >= 11 is 0. The lowest BCUT2D eigenvalue weighted by Crippen LogP contribution is -2.49. The van der Waals surface area contributed by atoms with Crippen LogP contribution < -0.4 is 10.6 Å². The zero-order valence-electron chi connectivity index (χ0n) is 18.9. The molecular formula is C23H41N5. The van der Waals surface area contributed by atoms with E-state index < -0.39 is 0 Å². The zero-order valence-corrected chi connectivity index (χ0v) is 18.9. The highest BCUT2D eigenvalue weighted by Gasteiger charge is 2.18. The molecule has 0 saturated carbocycles. The van der Waals surface area contributed by atoms with Gasteiger partial charge in [0.25, 0.3) is 0 Å². The number of piperazine rings is 1. The molecule has 1 saturated heterocycles. The molecule has 1 aliphatic rings. The lowest BCUT2D eigenvalue weighted by molar-refractivity contribution is 0.122. The molecule has 1 aromatic rings. The lowest BCUT2D eigenvalue weighted by atomic mass is 9.86. The summed E-state index contributed by atoms with van der Waals surface area (Å²) in [6.07, 6.45) is 1.00. The maximum Gasteiger partial charge on any atom is 0.191 e. The number of aliphatic imine (C=N–C) groups is 1. The van der Waals surface area contributed by atoms with Gasteiger partial charge >= 0.3 is 0 Å². The number of hydrogen-bond acceptors (Lipinski definition) is 3. The minimum Gasteiger partial charge on any atom is -0.357 e. The van der Waals surface area contributed by atoms with Crippen molar-refractivity contribution in [2.24, 2.45) is 4.99 Å². The summed E-state index contributed by atoms with van der Waals surface area (Å²) in [6.45, 7) is 18.4. The summed E-state index contributed by atoms with van der Waals surface area (Å²) < 4.78 is 0. The van der Waals surface area contributed by atoms with Gasteiger partial charge in [0.1, 0.15) is 0 Å². The third-order valence-electron chi connectivity index (χ3n) is 5.55. The van der Waals surface area contributed by atoms with Gasteiger partial charge in [0.05, 0.1) is 6.54 Å². The Morgan fingerprint density at radius 2 is 1.71 bits per heavy atom. The van der Waals surface area contributed by atoms with Gasteiger partial charge in [0.15, 0.2) is 5.96 Å². The van der Waals surface area contributed by atoms with Crippen LogP contribution in [0.2, 0.25) is 0 Å². The summed E-state index contributed by atoms with van der Waals surface area (Å²) in [4.78, 5) is 9.76. The second-order valence-electron chi connectivity index (χ2n) is 9.03. The van der Waals surface area contributed by atoms with Crippen molar-refractivity contribution in [3.05, 3.63) is 35.4 Å². The number of guanidine groups is 1. The first-order valence-corrected chi connectivity index (χ1v) is 10.8. The molecule has 0 aliphatic carbocycles. The first-order chi connectivity index (χ1) is 13.3. The molecule has 158 valence electrons. The van der Waals surface area contributed by atoms with Crippen LogP contribution in [-0.2, 0) is 11.8 Å². The quantitative estimate of drug-likeness (QED) is 0.558. The van der Waals surface area contributed by atoms with Crippen molar-refractivity contribution in [3.8, 4) is 0 Å². The molecule has 0 radical (unpaired) electrons. The van der Waals surface area contributed by atoms with Crippen molar-refractivity contribution >= 4 is 5.96 Å². The first-order valence-electron chi connectivity index (χ1n) is 10.8. The van der Waals surface area contributed by atoms with E-state index in [2.05, 4.69) is 86.4 Å². The van der Waals surface area contributed by atoms with Crippen LogP contribution in [0.3, 0.4) is 0 Å². The fourth-order valence-corrected chi connectivity index (χ4v) is 3.44. The Hall–Kier alpha value is -1.59. The number of nitrogens with one attached hydrogen (secondary N) is 2. The van der Waals surface area contributed by atoms with Gasteiger partial charge in [-0.2, -0.15) is 0 Å². The molecule has 2 N–H and O–H groups in total. The topological polar surface area (TPSA) is 42.9 Å². The number of hydrogen-bond donors (Lipinski definition) is 2. The van der Waals surface area contributed by atoms with Crippen LogP contribution in [0.1, 0.15) is 45.7 Å². The SMILES string of the molecule is CCNC(=NCC(C)N1CCN(C)CC1)NCCc1ccc(C(C)(C)C)cc1. The number of rotatable bonds is 7. The Morgan fingerprint density at radius 1 is 1.07 bits per heavy atom. The monoisotopic (exact) mass is 387 g/mol. The fraction of sp³-hybridized carbons (Fsp3) is 0.696. The van der Waals surface area contributed by atoms with Gasteiger partial charge < -0.3 is 15.5 Å². The van der Waals surface area contributed by atoms with Crippen LogP contribution in [-0.4, -0.2) is 74.7 Å². The van der Waals surface area contributed by atoms with E-state index in [1.54, 1.807) is 0 Å². The molecule has 0 bridgehead atoms. The van der Waals surface area contributed by atoms with Gasteiger partial charge in [0.2, 0.25) is 0 Å². The molecule has 1 unspecified atom stereocenters. The zero-order chi connectivity index (χ0) is 20.6. The van der Waals surface area contributed by atoms with E-state index in [1.165, 1.54) is 11.1 Å². The second kappa shape index (κ2) is 10.8. The fourth-order valence-electron chi connectivity index (χ4n) is 3.44. The van der Waals surface area contributed by atoms with Crippen molar-refractivity contribution in [1.82, 2.24) is 20.4 Å². The highest BCUT2D eigenvalue weighted by Crippen LogP contribution is 2.22. The highest BCUT2D eigenvalue weighted by molar-refractivity contribution is 5.79. The molecule has 1 aromatic carbocycles. The molecule has 0 aromatic heterocycles. The largest absolute Gasteiger partial charge is 0.357 e. The lowest BCUT2D eigenvalue weighted by Gasteiger charge is -2.35. The molecule has 5 nitrogen and oxygen atoms in total. The van der Waals surface area contributed by atoms with Gasteiger partial charge in [-0.05, 0) is 43.9 Å². The van der Waals surface area contributed by atoms with Gasteiger partial charge in [0, 0.05) is 45.3 Å². The van der Waals surface area contributed by atoms with Crippen LogP contribution in [0.15, 0.2) is 29.3 Å². The Balaban J connectivity index is 1.80. The average Bonchev–Trinajstić information content (AvgIpc) is 2.66. The van der Waals surface area contributed by atoms with Crippen molar-refractivity contribution < 1.29 is 0 Å². The van der Waals surface area contributed by atoms with E-state index in [-0.39, 0.29) is 5.41 Å². The van der Waals surface area contributed by atoms with Crippen LogP contribution in [0.4, 0.5) is 0 Å². The average molecular weight is 388 g/mol. The predicted octanol–water partition coefficient (Wildman–Crippen LogP) is 2.72. The van der Waals surface area contributed by atoms with Crippen molar-refractivity contribution in [2.45, 2.75) is 52.5 Å². The van der Waals surface area contributed by atoms with E-state index in [0.29, 0.717) is 6.04 Å². The van der Waals surface area contributed by atoms with E-state index in [0.717, 1.165) is 58.2 Å². The molecule has 1 heterocycles. The first kappa shape index (κ1) is 22.7. The molecule has 1 aliphatic heterocycles. The Labute approximate surface area is 172 Å². The second-order valence-corrected chi connectivity index (χ2v) is 9.03. The molecule has 0 amide bonds. The summed E-state index contributed by atoms with van der Waals surface area (Å²) in [5, 5.41) is 6.87. The summed E-state index contributed by atoms with van der Waals surface area (Å²) in [5.41, 5.74) is 2.96. The van der Waals surface area contributed by atoms with Crippen LogP contribution in [0.5, 0.6) is 0 Å². The van der Waals surface area contributed by atoms with E-state index >= 15 is 0 Å².